The molecule has 0 radical (unpaired) electrons. The average molecular weight is 169 g/mol. The van der Waals surface area contributed by atoms with Crippen molar-refractivity contribution in [3.63, 3.8) is 0 Å². The van der Waals surface area contributed by atoms with Crippen LogP contribution in [-0.4, -0.2) is 12.6 Å². The zero-order chi connectivity index (χ0) is 8.97. The number of hydrogen-bond donors (Lipinski definition) is 1. The van der Waals surface area contributed by atoms with Crippen molar-refractivity contribution in [1.82, 2.24) is 5.32 Å². The molecule has 1 heteroatoms. The normalized spacial score (nSPS) is 39.8. The second-order valence-corrected chi connectivity index (χ2v) is 4.03. The van der Waals surface area contributed by atoms with Gasteiger partial charge in [0, 0.05) is 6.04 Å². The van der Waals surface area contributed by atoms with Crippen molar-refractivity contribution in [3.05, 3.63) is 0 Å². The van der Waals surface area contributed by atoms with Crippen LogP contribution in [0.5, 0.6) is 0 Å². The molecular weight excluding hydrogens is 146 g/mol. The van der Waals surface area contributed by atoms with Gasteiger partial charge in [-0.1, -0.05) is 27.2 Å². The standard InChI is InChI=1S/C9H17N.C2H6/c1-7-2-3-8-4-5-10-9(8)6-7;1-2/h7-10H,2-6H2,1H3;1-2H3. The summed E-state index contributed by atoms with van der Waals surface area (Å²) in [6, 6.07) is 0.892. The Kier molecular flexibility index (Phi) is 4.07. The van der Waals surface area contributed by atoms with Crippen LogP contribution in [0, 0.1) is 11.8 Å². The molecule has 0 aromatic carbocycles. The van der Waals surface area contributed by atoms with E-state index in [1.807, 2.05) is 13.8 Å². The zero-order valence-electron chi connectivity index (χ0n) is 8.77. The average Bonchev–Trinajstić information content (AvgIpc) is 2.54. The lowest BCUT2D eigenvalue weighted by atomic mass is 9.80. The van der Waals surface area contributed by atoms with Crippen LogP contribution in [0.3, 0.4) is 0 Å². The molecule has 1 aliphatic carbocycles. The third kappa shape index (κ3) is 2.22. The van der Waals surface area contributed by atoms with Gasteiger partial charge in [-0.15, -0.1) is 0 Å². The molecule has 1 heterocycles. The van der Waals surface area contributed by atoms with Gasteiger partial charge in [-0.25, -0.2) is 0 Å². The van der Waals surface area contributed by atoms with Crippen molar-refractivity contribution in [2.24, 2.45) is 11.8 Å². The maximum Gasteiger partial charge on any atom is 0.00983 e. The van der Waals surface area contributed by atoms with Gasteiger partial charge in [0.05, 0.1) is 0 Å². The molecule has 1 nitrogen and oxygen atoms in total. The van der Waals surface area contributed by atoms with E-state index in [1.165, 1.54) is 32.2 Å². The van der Waals surface area contributed by atoms with E-state index in [1.54, 1.807) is 0 Å². The first-order valence-corrected chi connectivity index (χ1v) is 5.59. The molecule has 0 spiro atoms. The zero-order valence-corrected chi connectivity index (χ0v) is 8.77. The summed E-state index contributed by atoms with van der Waals surface area (Å²) in [5, 5.41) is 3.59. The van der Waals surface area contributed by atoms with Crippen LogP contribution in [0.15, 0.2) is 0 Å². The highest BCUT2D eigenvalue weighted by Gasteiger charge is 2.31. The Morgan fingerprint density at radius 2 is 1.83 bits per heavy atom. The van der Waals surface area contributed by atoms with Crippen LogP contribution in [0.1, 0.15) is 46.5 Å². The monoisotopic (exact) mass is 169 g/mol. The van der Waals surface area contributed by atoms with Gasteiger partial charge < -0.3 is 5.32 Å². The van der Waals surface area contributed by atoms with Crippen molar-refractivity contribution < 1.29 is 0 Å². The molecule has 1 saturated heterocycles. The topological polar surface area (TPSA) is 12.0 Å². The summed E-state index contributed by atoms with van der Waals surface area (Å²) in [4.78, 5) is 0. The second kappa shape index (κ2) is 4.86. The minimum absolute atomic E-state index is 0.892. The predicted molar refractivity (Wildman–Crippen MR) is 54.3 cm³/mol. The van der Waals surface area contributed by atoms with Gasteiger partial charge in [-0.05, 0) is 37.6 Å². The summed E-state index contributed by atoms with van der Waals surface area (Å²) in [6.07, 6.45) is 5.84. The molecule has 0 amide bonds. The molecule has 3 atom stereocenters. The van der Waals surface area contributed by atoms with Gasteiger partial charge in [0.2, 0.25) is 0 Å². The largest absolute Gasteiger partial charge is 0.314 e. The van der Waals surface area contributed by atoms with Crippen molar-refractivity contribution in [2.45, 2.75) is 52.5 Å². The van der Waals surface area contributed by atoms with E-state index in [0.29, 0.717) is 0 Å². The van der Waals surface area contributed by atoms with Gasteiger partial charge in [0.1, 0.15) is 0 Å². The van der Waals surface area contributed by atoms with Crippen LogP contribution in [0.4, 0.5) is 0 Å². The number of nitrogens with one attached hydrogen (secondary N) is 1. The molecule has 72 valence electrons. The molecule has 1 aliphatic heterocycles. The smallest absolute Gasteiger partial charge is 0.00983 e. The van der Waals surface area contributed by atoms with Gasteiger partial charge in [-0.2, -0.15) is 0 Å². The van der Waals surface area contributed by atoms with E-state index in [9.17, 15) is 0 Å². The Morgan fingerprint density at radius 3 is 2.58 bits per heavy atom. The van der Waals surface area contributed by atoms with Crippen LogP contribution >= 0.6 is 0 Å². The van der Waals surface area contributed by atoms with Crippen molar-refractivity contribution in [3.8, 4) is 0 Å². The number of hydrogen-bond acceptors (Lipinski definition) is 1. The first kappa shape index (κ1) is 10.0. The van der Waals surface area contributed by atoms with E-state index in [2.05, 4.69) is 12.2 Å². The van der Waals surface area contributed by atoms with Crippen LogP contribution in [0.2, 0.25) is 0 Å². The minimum Gasteiger partial charge on any atom is -0.314 e. The molecule has 0 aromatic heterocycles. The third-order valence-corrected chi connectivity index (χ3v) is 3.18. The number of rotatable bonds is 0. The first-order valence-electron chi connectivity index (χ1n) is 5.59. The Morgan fingerprint density at radius 1 is 1.08 bits per heavy atom. The van der Waals surface area contributed by atoms with Crippen molar-refractivity contribution in [2.75, 3.05) is 6.54 Å². The molecule has 2 fully saturated rings. The van der Waals surface area contributed by atoms with E-state index >= 15 is 0 Å². The molecule has 2 aliphatic rings. The molecule has 0 bridgehead atoms. The van der Waals surface area contributed by atoms with Gasteiger partial charge in [0.25, 0.3) is 0 Å². The highest BCUT2D eigenvalue weighted by molar-refractivity contribution is 4.88. The van der Waals surface area contributed by atoms with E-state index in [0.717, 1.165) is 17.9 Å². The summed E-state index contributed by atoms with van der Waals surface area (Å²) < 4.78 is 0. The van der Waals surface area contributed by atoms with Crippen LogP contribution in [0.25, 0.3) is 0 Å². The lowest BCUT2D eigenvalue weighted by molar-refractivity contribution is 0.262. The summed E-state index contributed by atoms with van der Waals surface area (Å²) >= 11 is 0. The van der Waals surface area contributed by atoms with E-state index in [4.69, 9.17) is 0 Å². The fraction of sp³-hybridized carbons (Fsp3) is 1.00. The molecule has 2 rings (SSSR count). The highest BCUT2D eigenvalue weighted by atomic mass is 15.0. The summed E-state index contributed by atoms with van der Waals surface area (Å²) in [5.41, 5.74) is 0. The first-order chi connectivity index (χ1) is 5.86. The Hall–Kier alpha value is -0.0400. The number of fused-ring (bicyclic) bond motifs is 1. The van der Waals surface area contributed by atoms with Crippen LogP contribution in [-0.2, 0) is 0 Å². The van der Waals surface area contributed by atoms with Crippen molar-refractivity contribution in [1.29, 1.82) is 0 Å². The Labute approximate surface area is 76.9 Å². The highest BCUT2D eigenvalue weighted by Crippen LogP contribution is 2.33. The molecule has 1 saturated carbocycles. The second-order valence-electron chi connectivity index (χ2n) is 4.03. The van der Waals surface area contributed by atoms with Crippen LogP contribution < -0.4 is 5.32 Å². The molecule has 12 heavy (non-hydrogen) atoms. The van der Waals surface area contributed by atoms with Gasteiger partial charge in [0.15, 0.2) is 0 Å². The summed E-state index contributed by atoms with van der Waals surface area (Å²) in [6.45, 7) is 7.66. The van der Waals surface area contributed by atoms with Crippen molar-refractivity contribution >= 4 is 0 Å². The maximum atomic E-state index is 3.59. The van der Waals surface area contributed by atoms with Gasteiger partial charge in [-0.3, -0.25) is 0 Å². The summed E-state index contributed by atoms with van der Waals surface area (Å²) in [5.74, 6) is 2.02. The fourth-order valence-electron chi connectivity index (χ4n) is 2.49. The SMILES string of the molecule is CC.CC1CCC2CCNC2C1. The lowest BCUT2D eigenvalue weighted by Gasteiger charge is -2.29. The molecule has 3 unspecified atom stereocenters. The van der Waals surface area contributed by atoms with Gasteiger partial charge >= 0.3 is 0 Å². The quantitative estimate of drug-likeness (QED) is 0.588. The molecule has 1 N–H and O–H groups in total. The lowest BCUT2D eigenvalue weighted by Crippen LogP contribution is -2.32. The van der Waals surface area contributed by atoms with E-state index in [-0.39, 0.29) is 0 Å². The fourth-order valence-corrected chi connectivity index (χ4v) is 2.49. The molecule has 0 aromatic rings. The Bertz CT molecular complexity index is 122. The maximum absolute atomic E-state index is 3.59. The minimum atomic E-state index is 0.892. The van der Waals surface area contributed by atoms with E-state index < -0.39 is 0 Å². The summed E-state index contributed by atoms with van der Waals surface area (Å²) in [7, 11) is 0. The molecular formula is C11H23N. The predicted octanol–water partition coefficient (Wildman–Crippen LogP) is 2.81. The third-order valence-electron chi connectivity index (χ3n) is 3.18. The Balaban J connectivity index is 0.000000336.